The van der Waals surface area contributed by atoms with Gasteiger partial charge in [-0.15, -0.1) is 0 Å². The van der Waals surface area contributed by atoms with E-state index in [1.165, 1.54) is 30.4 Å². The molecule has 1 aliphatic rings. The quantitative estimate of drug-likeness (QED) is 0.852. The summed E-state index contributed by atoms with van der Waals surface area (Å²) in [6, 6.07) is 0.462. The summed E-state index contributed by atoms with van der Waals surface area (Å²) in [6.07, 6.45) is 6.22. The molecule has 0 atom stereocenters. The molecule has 1 aromatic rings. The summed E-state index contributed by atoms with van der Waals surface area (Å²) in [5.74, 6) is -0.0771. The Bertz CT molecular complexity index is 370. The predicted octanol–water partition coefficient (Wildman–Crippen LogP) is 2.83. The van der Waals surface area contributed by atoms with Crippen molar-refractivity contribution in [1.29, 1.82) is 0 Å². The Balaban J connectivity index is 1.91. The summed E-state index contributed by atoms with van der Waals surface area (Å²) in [5.41, 5.74) is 0. The van der Waals surface area contributed by atoms with Crippen molar-refractivity contribution in [1.82, 2.24) is 4.98 Å². The van der Waals surface area contributed by atoms with Crippen molar-refractivity contribution in [2.75, 3.05) is 5.32 Å². The number of nitrogens with one attached hydrogen (secondary N) is 1. The van der Waals surface area contributed by atoms with Gasteiger partial charge in [0, 0.05) is 6.04 Å². The van der Waals surface area contributed by atoms with Crippen LogP contribution in [0.2, 0.25) is 0 Å². The predicted molar refractivity (Wildman–Crippen MR) is 64.1 cm³/mol. The molecule has 4 nitrogen and oxygen atoms in total. The molecule has 16 heavy (non-hydrogen) atoms. The summed E-state index contributed by atoms with van der Waals surface area (Å²) in [6.45, 7) is 2.28. The van der Waals surface area contributed by atoms with Crippen molar-refractivity contribution in [3.8, 4) is 0 Å². The second-order valence-electron chi connectivity index (χ2n) is 4.44. The number of rotatable bonds is 3. The van der Waals surface area contributed by atoms with Crippen LogP contribution in [-0.2, 0) is 0 Å². The fourth-order valence-corrected chi connectivity index (χ4v) is 2.75. The van der Waals surface area contributed by atoms with E-state index < -0.39 is 5.97 Å². The van der Waals surface area contributed by atoms with Gasteiger partial charge in [-0.25, -0.2) is 9.78 Å². The van der Waals surface area contributed by atoms with Crippen molar-refractivity contribution < 1.29 is 9.90 Å². The number of thiazole rings is 1. The van der Waals surface area contributed by atoms with Gasteiger partial charge in [0.05, 0.1) is 6.20 Å². The van der Waals surface area contributed by atoms with E-state index >= 15 is 0 Å². The minimum atomic E-state index is -0.900. The average Bonchev–Trinajstić information content (AvgIpc) is 2.70. The van der Waals surface area contributed by atoms with Crippen molar-refractivity contribution in [2.24, 2.45) is 5.92 Å². The molecule has 0 aliphatic heterocycles. The van der Waals surface area contributed by atoms with Gasteiger partial charge in [-0.1, -0.05) is 18.3 Å². The summed E-state index contributed by atoms with van der Waals surface area (Å²) < 4.78 is 0. The highest BCUT2D eigenvalue weighted by molar-refractivity contribution is 7.17. The number of nitrogens with zero attached hydrogens (tertiary/aromatic N) is 1. The third-order valence-electron chi connectivity index (χ3n) is 3.06. The van der Waals surface area contributed by atoms with Crippen molar-refractivity contribution >= 4 is 22.4 Å². The van der Waals surface area contributed by atoms with Crippen molar-refractivity contribution in [2.45, 2.75) is 38.6 Å². The van der Waals surface area contributed by atoms with Crippen LogP contribution in [0.3, 0.4) is 0 Å². The van der Waals surface area contributed by atoms with Gasteiger partial charge in [-0.2, -0.15) is 0 Å². The van der Waals surface area contributed by atoms with Crippen LogP contribution >= 0.6 is 11.3 Å². The number of hydrogen-bond acceptors (Lipinski definition) is 4. The minimum Gasteiger partial charge on any atom is -0.477 e. The lowest BCUT2D eigenvalue weighted by Crippen LogP contribution is -2.24. The molecule has 1 saturated carbocycles. The Hall–Kier alpha value is -1.10. The fourth-order valence-electron chi connectivity index (χ4n) is 2.02. The summed E-state index contributed by atoms with van der Waals surface area (Å²) >= 11 is 1.21. The minimum absolute atomic E-state index is 0.298. The van der Waals surface area contributed by atoms with Crippen LogP contribution in [0.15, 0.2) is 6.20 Å². The fraction of sp³-hybridized carbons (Fsp3) is 0.636. The number of carbonyl (C=O) groups is 1. The second-order valence-corrected chi connectivity index (χ2v) is 5.47. The first-order chi connectivity index (χ1) is 7.65. The molecule has 2 N–H and O–H groups in total. The van der Waals surface area contributed by atoms with Crippen LogP contribution in [0.4, 0.5) is 5.13 Å². The maximum atomic E-state index is 10.7. The monoisotopic (exact) mass is 240 g/mol. The van der Waals surface area contributed by atoms with Crippen molar-refractivity contribution in [3.63, 3.8) is 0 Å². The lowest BCUT2D eigenvalue weighted by atomic mass is 9.87. The molecule has 1 heterocycles. The zero-order valence-electron chi connectivity index (χ0n) is 9.27. The first kappa shape index (κ1) is 11.4. The molecule has 0 spiro atoms. The van der Waals surface area contributed by atoms with Gasteiger partial charge in [0.15, 0.2) is 5.13 Å². The van der Waals surface area contributed by atoms with E-state index in [4.69, 9.17) is 5.11 Å². The van der Waals surface area contributed by atoms with E-state index in [9.17, 15) is 4.79 Å². The van der Waals surface area contributed by atoms with Gasteiger partial charge in [-0.3, -0.25) is 0 Å². The third kappa shape index (κ3) is 2.72. The van der Waals surface area contributed by atoms with E-state index in [0.717, 1.165) is 23.9 Å². The van der Waals surface area contributed by atoms with Crippen LogP contribution in [0.25, 0.3) is 0 Å². The molecule has 1 fully saturated rings. The summed E-state index contributed by atoms with van der Waals surface area (Å²) in [5, 5.41) is 12.8. The number of carboxylic acids is 1. The van der Waals surface area contributed by atoms with Crippen LogP contribution in [-0.4, -0.2) is 22.1 Å². The molecular formula is C11H16N2O2S. The first-order valence-electron chi connectivity index (χ1n) is 5.61. The number of anilines is 1. The van der Waals surface area contributed by atoms with Gasteiger partial charge in [0.25, 0.3) is 0 Å². The smallest absolute Gasteiger partial charge is 0.347 e. The zero-order chi connectivity index (χ0) is 11.5. The van der Waals surface area contributed by atoms with Gasteiger partial charge in [0.1, 0.15) is 4.88 Å². The molecule has 0 radical (unpaired) electrons. The SMILES string of the molecule is CC1CCC(Nc2ncc(C(=O)O)s2)CC1. The Kier molecular flexibility index (Phi) is 3.43. The first-order valence-corrected chi connectivity index (χ1v) is 6.42. The second kappa shape index (κ2) is 4.82. The maximum absolute atomic E-state index is 10.7. The third-order valence-corrected chi connectivity index (χ3v) is 3.98. The maximum Gasteiger partial charge on any atom is 0.347 e. The Labute approximate surface area is 98.7 Å². The van der Waals surface area contributed by atoms with Gasteiger partial charge in [-0.05, 0) is 31.6 Å². The van der Waals surface area contributed by atoms with Crippen molar-refractivity contribution in [3.05, 3.63) is 11.1 Å². The molecule has 1 aliphatic carbocycles. The molecule has 88 valence electrons. The Morgan fingerprint density at radius 2 is 2.19 bits per heavy atom. The van der Waals surface area contributed by atoms with Gasteiger partial charge >= 0.3 is 5.97 Å². The lowest BCUT2D eigenvalue weighted by Gasteiger charge is -2.26. The van der Waals surface area contributed by atoms with Crippen LogP contribution in [0.1, 0.15) is 42.3 Å². The highest BCUT2D eigenvalue weighted by Crippen LogP contribution is 2.27. The molecule has 0 unspecified atom stereocenters. The normalized spacial score (nSPS) is 25.3. The Morgan fingerprint density at radius 1 is 1.50 bits per heavy atom. The number of aromatic nitrogens is 1. The van der Waals surface area contributed by atoms with E-state index in [1.54, 1.807) is 0 Å². The lowest BCUT2D eigenvalue weighted by molar-refractivity contribution is 0.0702. The van der Waals surface area contributed by atoms with E-state index in [2.05, 4.69) is 17.2 Å². The molecule has 2 rings (SSSR count). The summed E-state index contributed by atoms with van der Waals surface area (Å²) in [4.78, 5) is 15.1. The average molecular weight is 240 g/mol. The van der Waals surface area contributed by atoms with Gasteiger partial charge in [0.2, 0.25) is 0 Å². The molecule has 0 saturated heterocycles. The van der Waals surface area contributed by atoms with E-state index in [0.29, 0.717) is 10.9 Å². The zero-order valence-corrected chi connectivity index (χ0v) is 10.1. The number of carboxylic acid groups (broad SMARTS) is 1. The molecule has 0 aromatic carbocycles. The Morgan fingerprint density at radius 3 is 2.75 bits per heavy atom. The van der Waals surface area contributed by atoms with Crippen LogP contribution in [0, 0.1) is 5.92 Å². The van der Waals surface area contributed by atoms with Crippen LogP contribution in [0.5, 0.6) is 0 Å². The number of hydrogen-bond donors (Lipinski definition) is 2. The highest BCUT2D eigenvalue weighted by Gasteiger charge is 2.19. The standard InChI is InChI=1S/C11H16N2O2S/c1-7-2-4-8(5-3-7)13-11-12-6-9(16-11)10(14)15/h6-8H,2-5H2,1H3,(H,12,13)(H,14,15). The number of aromatic carboxylic acids is 1. The van der Waals surface area contributed by atoms with Crippen LogP contribution < -0.4 is 5.32 Å². The van der Waals surface area contributed by atoms with E-state index in [1.807, 2.05) is 0 Å². The largest absolute Gasteiger partial charge is 0.477 e. The topological polar surface area (TPSA) is 62.2 Å². The highest BCUT2D eigenvalue weighted by atomic mass is 32.1. The molecular weight excluding hydrogens is 224 g/mol. The molecule has 0 bridgehead atoms. The van der Waals surface area contributed by atoms with E-state index in [-0.39, 0.29) is 0 Å². The molecule has 1 aromatic heterocycles. The summed E-state index contributed by atoms with van der Waals surface area (Å²) in [7, 11) is 0. The molecule has 5 heteroatoms. The van der Waals surface area contributed by atoms with Gasteiger partial charge < -0.3 is 10.4 Å². The molecule has 0 amide bonds.